The SMILES string of the molecule is CCC(N)c1cnn(Cc2c(F)ccc(Br)c2F)c1. The summed E-state index contributed by atoms with van der Waals surface area (Å²) in [5.74, 6) is -1.19. The molecular formula is C13H14BrF2N3. The fourth-order valence-electron chi connectivity index (χ4n) is 1.77. The number of hydrogen-bond donors (Lipinski definition) is 1. The van der Waals surface area contributed by atoms with Gasteiger partial charge in [0.25, 0.3) is 0 Å². The minimum atomic E-state index is -0.600. The summed E-state index contributed by atoms with van der Waals surface area (Å²) in [5, 5.41) is 4.08. The van der Waals surface area contributed by atoms with Crippen molar-refractivity contribution in [1.82, 2.24) is 9.78 Å². The molecule has 0 bridgehead atoms. The maximum Gasteiger partial charge on any atom is 0.145 e. The molecule has 19 heavy (non-hydrogen) atoms. The Kier molecular flexibility index (Phi) is 4.31. The predicted octanol–water partition coefficient (Wildman–Crippen LogP) is 3.38. The molecule has 0 aliphatic rings. The van der Waals surface area contributed by atoms with Crippen molar-refractivity contribution in [2.24, 2.45) is 5.73 Å². The maximum absolute atomic E-state index is 13.8. The van der Waals surface area contributed by atoms with Crippen LogP contribution in [0.2, 0.25) is 0 Å². The van der Waals surface area contributed by atoms with E-state index >= 15 is 0 Å². The Hall–Kier alpha value is -1.27. The topological polar surface area (TPSA) is 43.8 Å². The number of hydrogen-bond acceptors (Lipinski definition) is 2. The van der Waals surface area contributed by atoms with Gasteiger partial charge in [-0.15, -0.1) is 0 Å². The molecule has 3 nitrogen and oxygen atoms in total. The molecule has 2 rings (SSSR count). The molecule has 0 spiro atoms. The van der Waals surface area contributed by atoms with Gasteiger partial charge in [0.2, 0.25) is 0 Å². The normalized spacial score (nSPS) is 12.7. The van der Waals surface area contributed by atoms with Gasteiger partial charge in [0, 0.05) is 23.4 Å². The Morgan fingerprint density at radius 3 is 2.84 bits per heavy atom. The highest BCUT2D eigenvalue weighted by Gasteiger charge is 2.14. The van der Waals surface area contributed by atoms with Crippen LogP contribution in [0, 0.1) is 11.6 Å². The van der Waals surface area contributed by atoms with Gasteiger partial charge < -0.3 is 5.73 Å². The molecule has 0 fully saturated rings. The second-order valence-electron chi connectivity index (χ2n) is 4.31. The summed E-state index contributed by atoms with van der Waals surface area (Å²) in [6, 6.07) is 2.46. The molecule has 1 atom stereocenters. The van der Waals surface area contributed by atoms with Crippen molar-refractivity contribution in [3.63, 3.8) is 0 Å². The number of aromatic nitrogens is 2. The van der Waals surface area contributed by atoms with Crippen molar-refractivity contribution in [1.29, 1.82) is 0 Å². The first-order valence-electron chi connectivity index (χ1n) is 5.93. The quantitative estimate of drug-likeness (QED) is 0.874. The molecule has 2 N–H and O–H groups in total. The largest absolute Gasteiger partial charge is 0.324 e. The van der Waals surface area contributed by atoms with E-state index in [0.717, 1.165) is 12.0 Å². The van der Waals surface area contributed by atoms with Crippen LogP contribution in [-0.4, -0.2) is 9.78 Å². The standard InChI is InChI=1S/C13H14BrF2N3/c1-2-12(17)8-5-18-19(6-8)7-9-11(15)4-3-10(14)13(9)16/h3-6,12H,2,7,17H2,1H3. The predicted molar refractivity (Wildman–Crippen MR) is 72.6 cm³/mol. The Bertz CT molecular complexity index is 583. The number of rotatable bonds is 4. The van der Waals surface area contributed by atoms with Crippen LogP contribution in [0.1, 0.15) is 30.5 Å². The minimum Gasteiger partial charge on any atom is -0.324 e. The summed E-state index contributed by atoms with van der Waals surface area (Å²) in [4.78, 5) is 0. The summed E-state index contributed by atoms with van der Waals surface area (Å²) in [5.41, 5.74) is 6.72. The van der Waals surface area contributed by atoms with E-state index in [9.17, 15) is 8.78 Å². The van der Waals surface area contributed by atoms with Crippen LogP contribution in [0.5, 0.6) is 0 Å². The van der Waals surface area contributed by atoms with Crippen molar-refractivity contribution in [2.45, 2.75) is 25.9 Å². The smallest absolute Gasteiger partial charge is 0.145 e. The van der Waals surface area contributed by atoms with Gasteiger partial charge in [-0.05, 0) is 34.5 Å². The van der Waals surface area contributed by atoms with Crippen molar-refractivity contribution < 1.29 is 8.78 Å². The van der Waals surface area contributed by atoms with E-state index in [4.69, 9.17) is 5.73 Å². The van der Waals surface area contributed by atoms with E-state index < -0.39 is 11.6 Å². The van der Waals surface area contributed by atoms with Gasteiger partial charge in [0.05, 0.1) is 17.2 Å². The Labute approximate surface area is 118 Å². The highest BCUT2D eigenvalue weighted by atomic mass is 79.9. The zero-order chi connectivity index (χ0) is 14.0. The Morgan fingerprint density at radius 2 is 2.16 bits per heavy atom. The van der Waals surface area contributed by atoms with Gasteiger partial charge in [-0.1, -0.05) is 6.92 Å². The third kappa shape index (κ3) is 3.01. The zero-order valence-corrected chi connectivity index (χ0v) is 12.0. The van der Waals surface area contributed by atoms with Crippen molar-refractivity contribution in [2.75, 3.05) is 0 Å². The van der Waals surface area contributed by atoms with Crippen LogP contribution >= 0.6 is 15.9 Å². The second-order valence-corrected chi connectivity index (χ2v) is 5.16. The number of nitrogens with two attached hydrogens (primary N) is 1. The molecule has 0 saturated heterocycles. The lowest BCUT2D eigenvalue weighted by Gasteiger charge is -2.07. The molecule has 1 heterocycles. The summed E-state index contributed by atoms with van der Waals surface area (Å²) in [6.07, 6.45) is 4.13. The van der Waals surface area contributed by atoms with Gasteiger partial charge >= 0.3 is 0 Å². The molecule has 102 valence electrons. The summed E-state index contributed by atoms with van der Waals surface area (Å²) in [7, 11) is 0. The van der Waals surface area contributed by atoms with Gasteiger partial charge in [0.15, 0.2) is 0 Å². The maximum atomic E-state index is 13.8. The van der Waals surface area contributed by atoms with Crippen LogP contribution in [0.25, 0.3) is 0 Å². The molecule has 1 aromatic carbocycles. The van der Waals surface area contributed by atoms with E-state index in [1.165, 1.54) is 16.8 Å². The van der Waals surface area contributed by atoms with Gasteiger partial charge in [-0.25, -0.2) is 8.78 Å². The first-order valence-corrected chi connectivity index (χ1v) is 6.72. The summed E-state index contributed by atoms with van der Waals surface area (Å²) in [6.45, 7) is 2.00. The van der Waals surface area contributed by atoms with Crippen LogP contribution in [0.15, 0.2) is 29.0 Å². The van der Waals surface area contributed by atoms with Crippen LogP contribution < -0.4 is 5.73 Å². The fraction of sp³-hybridized carbons (Fsp3) is 0.308. The molecule has 0 amide bonds. The van der Waals surface area contributed by atoms with Crippen LogP contribution in [0.4, 0.5) is 8.78 Å². The van der Waals surface area contributed by atoms with Crippen LogP contribution in [0.3, 0.4) is 0 Å². The summed E-state index contributed by atoms with van der Waals surface area (Å²) < 4.78 is 29.2. The number of halogens is 3. The molecule has 0 radical (unpaired) electrons. The number of benzene rings is 1. The van der Waals surface area contributed by atoms with Crippen LogP contribution in [-0.2, 0) is 6.54 Å². The van der Waals surface area contributed by atoms with E-state index in [1.54, 1.807) is 12.4 Å². The lowest BCUT2D eigenvalue weighted by molar-refractivity contribution is 0.529. The lowest BCUT2D eigenvalue weighted by atomic mass is 10.1. The Morgan fingerprint density at radius 1 is 1.42 bits per heavy atom. The molecule has 1 aromatic heterocycles. The monoisotopic (exact) mass is 329 g/mol. The van der Waals surface area contributed by atoms with Gasteiger partial charge in [-0.3, -0.25) is 4.68 Å². The van der Waals surface area contributed by atoms with Crippen molar-refractivity contribution in [3.05, 3.63) is 51.8 Å². The van der Waals surface area contributed by atoms with E-state index in [-0.39, 0.29) is 22.6 Å². The highest BCUT2D eigenvalue weighted by molar-refractivity contribution is 9.10. The third-order valence-corrected chi connectivity index (χ3v) is 3.59. The molecule has 0 aliphatic carbocycles. The highest BCUT2D eigenvalue weighted by Crippen LogP contribution is 2.22. The van der Waals surface area contributed by atoms with Crippen molar-refractivity contribution >= 4 is 15.9 Å². The van der Waals surface area contributed by atoms with Crippen molar-refractivity contribution in [3.8, 4) is 0 Å². The molecule has 2 aromatic rings. The lowest BCUT2D eigenvalue weighted by Crippen LogP contribution is -2.08. The van der Waals surface area contributed by atoms with E-state index in [0.29, 0.717) is 0 Å². The molecule has 6 heteroatoms. The summed E-state index contributed by atoms with van der Waals surface area (Å²) >= 11 is 3.04. The third-order valence-electron chi connectivity index (χ3n) is 2.98. The molecular weight excluding hydrogens is 316 g/mol. The first kappa shape index (κ1) is 14.1. The van der Waals surface area contributed by atoms with Gasteiger partial charge in [0.1, 0.15) is 11.6 Å². The average Bonchev–Trinajstić information content (AvgIpc) is 2.87. The van der Waals surface area contributed by atoms with Gasteiger partial charge in [-0.2, -0.15) is 5.10 Å². The van der Waals surface area contributed by atoms with E-state index in [2.05, 4.69) is 21.0 Å². The van der Waals surface area contributed by atoms with E-state index in [1.807, 2.05) is 6.92 Å². The molecule has 0 aliphatic heterocycles. The molecule has 1 unspecified atom stereocenters. The minimum absolute atomic E-state index is 0.0194. The molecule has 0 saturated carbocycles. The fourth-order valence-corrected chi connectivity index (χ4v) is 2.14. The zero-order valence-electron chi connectivity index (χ0n) is 10.4. The first-order chi connectivity index (χ1) is 9.02. The Balaban J connectivity index is 2.27. The number of nitrogens with zero attached hydrogens (tertiary/aromatic N) is 2. The average molecular weight is 330 g/mol. The second kappa shape index (κ2) is 5.79.